The first-order valence-corrected chi connectivity index (χ1v) is 10.8. The largest absolute Gasteiger partial charge is 0.357 e. The normalized spacial score (nSPS) is 15.0. The number of halogens is 3. The van der Waals surface area contributed by atoms with Crippen LogP contribution in [-0.4, -0.2) is 27.9 Å². The number of carbonyl (C=O) groups is 1. The second-order valence-electron chi connectivity index (χ2n) is 5.93. The van der Waals surface area contributed by atoms with Crippen molar-refractivity contribution in [2.45, 2.75) is 42.5 Å². The Morgan fingerprint density at radius 2 is 2.04 bits per heavy atom. The van der Waals surface area contributed by atoms with E-state index < -0.39 is 17.5 Å². The summed E-state index contributed by atoms with van der Waals surface area (Å²) in [6.45, 7) is 0. The van der Waals surface area contributed by atoms with Gasteiger partial charge in [0.25, 0.3) is 0 Å². The monoisotopic (exact) mass is 462 g/mol. The van der Waals surface area contributed by atoms with E-state index in [9.17, 15) is 13.6 Å². The van der Waals surface area contributed by atoms with Crippen molar-refractivity contribution >= 4 is 55.8 Å². The molecule has 1 amide bonds. The number of amides is 1. The summed E-state index contributed by atoms with van der Waals surface area (Å²) in [5.41, 5.74) is -0.0751. The summed E-state index contributed by atoms with van der Waals surface area (Å²) in [5.74, 6) is -1.89. The summed E-state index contributed by atoms with van der Waals surface area (Å²) in [6, 6.07) is 2.26. The molecule has 10 heteroatoms. The number of carbonyl (C=O) groups excluding carboxylic acids is 1. The van der Waals surface area contributed by atoms with Crippen LogP contribution in [0.25, 0.3) is 0 Å². The maximum Gasteiger partial charge on any atom is 0.234 e. The van der Waals surface area contributed by atoms with Gasteiger partial charge in [-0.05, 0) is 34.8 Å². The van der Waals surface area contributed by atoms with Gasteiger partial charge in [0.2, 0.25) is 11.0 Å². The molecule has 2 N–H and O–H groups in total. The first kappa shape index (κ1) is 19.5. The zero-order valence-corrected chi connectivity index (χ0v) is 16.9. The maximum absolute atomic E-state index is 13.7. The summed E-state index contributed by atoms with van der Waals surface area (Å²) >= 11 is 5.67. The molecule has 5 nitrogen and oxygen atoms in total. The SMILES string of the molecule is O=C(CSc1nnc(NC2CCCCC2)s1)Nc1c(F)cc(F)cc1Br. The van der Waals surface area contributed by atoms with Crippen molar-refractivity contribution < 1.29 is 13.6 Å². The van der Waals surface area contributed by atoms with Gasteiger partial charge in [-0.25, -0.2) is 8.78 Å². The fraction of sp³-hybridized carbons (Fsp3) is 0.438. The van der Waals surface area contributed by atoms with Crippen LogP contribution in [0.1, 0.15) is 32.1 Å². The molecule has 1 aliphatic carbocycles. The van der Waals surface area contributed by atoms with Crippen molar-refractivity contribution in [2.75, 3.05) is 16.4 Å². The summed E-state index contributed by atoms with van der Waals surface area (Å²) in [5, 5.41) is 14.8. The Kier molecular flexibility index (Phi) is 6.82. The first-order valence-electron chi connectivity index (χ1n) is 8.18. The summed E-state index contributed by atoms with van der Waals surface area (Å²) in [7, 11) is 0. The van der Waals surface area contributed by atoms with Crippen LogP contribution in [0.5, 0.6) is 0 Å². The zero-order valence-electron chi connectivity index (χ0n) is 13.7. The van der Waals surface area contributed by atoms with E-state index in [2.05, 4.69) is 36.8 Å². The lowest BCUT2D eigenvalue weighted by molar-refractivity contribution is -0.113. The highest BCUT2D eigenvalue weighted by Gasteiger charge is 2.16. The van der Waals surface area contributed by atoms with Crippen molar-refractivity contribution in [3.8, 4) is 0 Å². The molecule has 0 atom stereocenters. The van der Waals surface area contributed by atoms with Gasteiger partial charge in [-0.3, -0.25) is 4.79 Å². The van der Waals surface area contributed by atoms with Gasteiger partial charge in [0.15, 0.2) is 10.2 Å². The molecule has 3 rings (SSSR count). The molecular formula is C16H17BrF2N4OS2. The van der Waals surface area contributed by atoms with Crippen molar-refractivity contribution in [1.29, 1.82) is 0 Å². The summed E-state index contributed by atoms with van der Waals surface area (Å²) in [4.78, 5) is 12.0. The zero-order chi connectivity index (χ0) is 18.5. The number of nitrogens with zero attached hydrogens (tertiary/aromatic N) is 2. The highest BCUT2D eigenvalue weighted by Crippen LogP contribution is 2.30. The van der Waals surface area contributed by atoms with Crippen molar-refractivity contribution in [1.82, 2.24) is 10.2 Å². The van der Waals surface area contributed by atoms with Crippen LogP contribution in [0.2, 0.25) is 0 Å². The Morgan fingerprint density at radius 3 is 2.77 bits per heavy atom. The van der Waals surface area contributed by atoms with Gasteiger partial charge >= 0.3 is 0 Å². The first-order chi connectivity index (χ1) is 12.5. The molecule has 1 saturated carbocycles. The predicted octanol–water partition coefficient (Wildman–Crippen LogP) is 5.05. The Labute approximate surface area is 166 Å². The van der Waals surface area contributed by atoms with E-state index in [4.69, 9.17) is 0 Å². The average Bonchev–Trinajstić information content (AvgIpc) is 3.04. The molecule has 0 saturated heterocycles. The second kappa shape index (κ2) is 9.09. The minimum absolute atomic E-state index is 0.0569. The third kappa shape index (κ3) is 5.37. The van der Waals surface area contributed by atoms with Crippen LogP contribution in [0.4, 0.5) is 19.6 Å². The molecule has 1 fully saturated rings. The lowest BCUT2D eigenvalue weighted by Gasteiger charge is -2.21. The molecule has 2 aromatic rings. The minimum Gasteiger partial charge on any atom is -0.357 e. The molecule has 0 radical (unpaired) electrons. The lowest BCUT2D eigenvalue weighted by atomic mass is 9.96. The van der Waals surface area contributed by atoms with Gasteiger partial charge in [-0.15, -0.1) is 10.2 Å². The molecule has 26 heavy (non-hydrogen) atoms. The highest BCUT2D eigenvalue weighted by atomic mass is 79.9. The van der Waals surface area contributed by atoms with E-state index in [1.807, 2.05) is 0 Å². The third-order valence-corrected chi connectivity index (χ3v) is 6.55. The fourth-order valence-electron chi connectivity index (χ4n) is 2.71. The van der Waals surface area contributed by atoms with Crippen molar-refractivity contribution in [3.63, 3.8) is 0 Å². The van der Waals surface area contributed by atoms with Gasteiger partial charge in [-0.2, -0.15) is 0 Å². The van der Waals surface area contributed by atoms with Crippen molar-refractivity contribution in [3.05, 3.63) is 28.2 Å². The molecule has 1 aromatic heterocycles. The van der Waals surface area contributed by atoms with Gasteiger partial charge in [0, 0.05) is 16.6 Å². The van der Waals surface area contributed by atoms with Crippen LogP contribution in [-0.2, 0) is 4.79 Å². The Bertz CT molecular complexity index is 760. The maximum atomic E-state index is 13.7. The number of hydrogen-bond donors (Lipinski definition) is 2. The van der Waals surface area contributed by atoms with Gasteiger partial charge < -0.3 is 10.6 Å². The van der Waals surface area contributed by atoms with E-state index in [-0.39, 0.29) is 15.9 Å². The van der Waals surface area contributed by atoms with E-state index in [1.165, 1.54) is 42.4 Å². The smallest absolute Gasteiger partial charge is 0.234 e. The quantitative estimate of drug-likeness (QED) is 0.587. The average molecular weight is 463 g/mol. The molecule has 1 aliphatic rings. The van der Waals surface area contributed by atoms with E-state index >= 15 is 0 Å². The van der Waals surface area contributed by atoms with E-state index in [1.54, 1.807) is 0 Å². The number of aromatic nitrogens is 2. The van der Waals surface area contributed by atoms with Crippen LogP contribution >= 0.6 is 39.0 Å². The van der Waals surface area contributed by atoms with E-state index in [0.717, 1.165) is 30.1 Å². The number of thioether (sulfide) groups is 1. The number of hydrogen-bond acceptors (Lipinski definition) is 6. The molecule has 0 aliphatic heterocycles. The fourth-order valence-corrected chi connectivity index (χ4v) is 4.85. The molecule has 1 heterocycles. The second-order valence-corrected chi connectivity index (χ2v) is 8.99. The summed E-state index contributed by atoms with van der Waals surface area (Å²) in [6.07, 6.45) is 6.03. The van der Waals surface area contributed by atoms with Crippen LogP contribution in [0, 0.1) is 11.6 Å². The Balaban J connectivity index is 1.50. The molecule has 0 spiro atoms. The Hall–Kier alpha value is -1.26. The van der Waals surface area contributed by atoms with Gasteiger partial charge in [0.1, 0.15) is 5.82 Å². The van der Waals surface area contributed by atoms with Gasteiger partial charge in [0.05, 0.1) is 11.4 Å². The lowest BCUT2D eigenvalue weighted by Crippen LogP contribution is -2.21. The Morgan fingerprint density at radius 1 is 1.27 bits per heavy atom. The van der Waals surface area contributed by atoms with Crippen LogP contribution in [0.15, 0.2) is 20.9 Å². The molecule has 0 bridgehead atoms. The van der Waals surface area contributed by atoms with E-state index in [0.29, 0.717) is 10.4 Å². The molecule has 0 unspecified atom stereocenters. The topological polar surface area (TPSA) is 66.9 Å². The van der Waals surface area contributed by atoms with Crippen LogP contribution < -0.4 is 10.6 Å². The van der Waals surface area contributed by atoms with Crippen LogP contribution in [0.3, 0.4) is 0 Å². The number of nitrogens with one attached hydrogen (secondary N) is 2. The predicted molar refractivity (Wildman–Crippen MR) is 104 cm³/mol. The molecular weight excluding hydrogens is 446 g/mol. The highest BCUT2D eigenvalue weighted by molar-refractivity contribution is 9.10. The number of anilines is 2. The standard InChI is InChI=1S/C16H17BrF2N4OS2/c17-11-6-9(18)7-12(19)14(11)21-13(24)8-25-16-23-22-15(26-16)20-10-4-2-1-3-5-10/h6-7,10H,1-5,8H2,(H,20,22)(H,21,24). The van der Waals surface area contributed by atoms with Crippen molar-refractivity contribution in [2.24, 2.45) is 0 Å². The summed E-state index contributed by atoms with van der Waals surface area (Å²) < 4.78 is 27.6. The minimum atomic E-state index is -0.829. The number of rotatable bonds is 6. The van der Waals surface area contributed by atoms with Gasteiger partial charge in [-0.1, -0.05) is 42.4 Å². The number of benzene rings is 1. The molecule has 140 valence electrons. The third-order valence-electron chi connectivity index (χ3n) is 3.94. The molecule has 1 aromatic carbocycles.